The van der Waals surface area contributed by atoms with Crippen molar-refractivity contribution < 1.29 is 9.53 Å². The summed E-state index contributed by atoms with van der Waals surface area (Å²) in [5, 5.41) is 0. The summed E-state index contributed by atoms with van der Waals surface area (Å²) in [5.41, 5.74) is 1.70. The van der Waals surface area contributed by atoms with Gasteiger partial charge in [-0.3, -0.25) is 4.79 Å². The number of ether oxygens (including phenoxy) is 1. The Morgan fingerprint density at radius 2 is 2.08 bits per heavy atom. The molecule has 0 aliphatic heterocycles. The number of carbonyl (C=O) groups excluding carboxylic acids is 1. The third-order valence-electron chi connectivity index (χ3n) is 1.92. The van der Waals surface area contributed by atoms with Gasteiger partial charge in [-0.1, -0.05) is 12.1 Å². The number of ketones is 1. The van der Waals surface area contributed by atoms with Gasteiger partial charge in [0.2, 0.25) is 0 Å². The van der Waals surface area contributed by atoms with Gasteiger partial charge in [0.1, 0.15) is 5.75 Å². The van der Waals surface area contributed by atoms with Gasteiger partial charge in [0.05, 0.1) is 12.7 Å². The summed E-state index contributed by atoms with van der Waals surface area (Å²) in [4.78, 5) is 11.3. The van der Waals surface area contributed by atoms with Gasteiger partial charge in [-0.25, -0.2) is 0 Å². The van der Waals surface area contributed by atoms with Gasteiger partial charge in [0.15, 0.2) is 5.78 Å². The highest BCUT2D eigenvalue weighted by molar-refractivity contribution is 6.10. The van der Waals surface area contributed by atoms with Gasteiger partial charge < -0.3 is 4.74 Å². The minimum Gasteiger partial charge on any atom is -0.496 e. The first-order chi connectivity index (χ1) is 5.81. The number of fused-ring (bicyclic) bond motifs is 2. The lowest BCUT2D eigenvalue weighted by Gasteiger charge is -2.09. The molecule has 0 amide bonds. The summed E-state index contributed by atoms with van der Waals surface area (Å²) >= 11 is 0. The fraction of sp³-hybridized carbons (Fsp3) is 0.100. The highest BCUT2D eigenvalue weighted by Gasteiger charge is 2.12. The van der Waals surface area contributed by atoms with Crippen LogP contribution in [0.1, 0.15) is 15.9 Å². The third kappa shape index (κ3) is 0.925. The fourth-order valence-electron chi connectivity index (χ4n) is 1.28. The molecule has 1 aliphatic carbocycles. The van der Waals surface area contributed by atoms with E-state index in [0.29, 0.717) is 11.3 Å². The number of hydrogen-bond donors (Lipinski definition) is 0. The lowest BCUT2D eigenvalue weighted by atomic mass is 10.00. The van der Waals surface area contributed by atoms with E-state index in [1.54, 1.807) is 19.3 Å². The van der Waals surface area contributed by atoms with E-state index >= 15 is 0 Å². The van der Waals surface area contributed by atoms with Crippen molar-refractivity contribution in [2.75, 3.05) is 7.11 Å². The molecule has 2 bridgehead atoms. The van der Waals surface area contributed by atoms with E-state index in [0.717, 1.165) is 5.56 Å². The predicted molar refractivity (Wildman–Crippen MR) is 46.4 cm³/mol. The molecule has 0 spiro atoms. The number of methoxy groups -OCH3 is 1. The summed E-state index contributed by atoms with van der Waals surface area (Å²) in [7, 11) is 1.57. The van der Waals surface area contributed by atoms with Crippen LogP contribution in [0.15, 0.2) is 24.3 Å². The second-order valence-electron chi connectivity index (χ2n) is 2.66. The predicted octanol–water partition coefficient (Wildman–Crippen LogP) is 1.90. The van der Waals surface area contributed by atoms with Crippen LogP contribution in [0, 0.1) is 0 Å². The Hall–Kier alpha value is -1.57. The second kappa shape index (κ2) is 2.48. The molecule has 0 heterocycles. The molecule has 2 nitrogen and oxygen atoms in total. The Bertz CT molecular complexity index is 364. The molecule has 2 heteroatoms. The molecule has 0 fully saturated rings. The normalized spacial score (nSPS) is 13.2. The maximum absolute atomic E-state index is 11.3. The van der Waals surface area contributed by atoms with E-state index in [9.17, 15) is 4.79 Å². The molecule has 1 aromatic carbocycles. The van der Waals surface area contributed by atoms with Crippen molar-refractivity contribution in [3.8, 4) is 5.75 Å². The average molecular weight is 160 g/mol. The molecule has 0 aromatic heterocycles. The van der Waals surface area contributed by atoms with Crippen LogP contribution in [0.3, 0.4) is 0 Å². The Kier molecular flexibility index (Phi) is 1.47. The zero-order valence-corrected chi connectivity index (χ0v) is 6.70. The van der Waals surface area contributed by atoms with Crippen LogP contribution in [-0.2, 0) is 0 Å². The van der Waals surface area contributed by atoms with E-state index in [1.165, 1.54) is 0 Å². The topological polar surface area (TPSA) is 26.3 Å². The SMILES string of the molecule is COc1ccc2cc1C(=O)C=C2. The van der Waals surface area contributed by atoms with Crippen LogP contribution < -0.4 is 4.74 Å². The van der Waals surface area contributed by atoms with Crippen LogP contribution in [0.2, 0.25) is 0 Å². The summed E-state index contributed by atoms with van der Waals surface area (Å²) in [6.45, 7) is 0. The fourth-order valence-corrected chi connectivity index (χ4v) is 1.28. The van der Waals surface area contributed by atoms with Crippen molar-refractivity contribution in [1.29, 1.82) is 0 Å². The summed E-state index contributed by atoms with van der Waals surface area (Å²) < 4.78 is 5.04. The smallest absolute Gasteiger partial charge is 0.189 e. The largest absolute Gasteiger partial charge is 0.496 e. The van der Waals surface area contributed by atoms with Gasteiger partial charge >= 0.3 is 0 Å². The van der Waals surface area contributed by atoms with E-state index in [4.69, 9.17) is 4.74 Å². The van der Waals surface area contributed by atoms with Crippen molar-refractivity contribution in [1.82, 2.24) is 0 Å². The molecule has 0 N–H and O–H groups in total. The number of benzene rings is 1. The van der Waals surface area contributed by atoms with Crippen molar-refractivity contribution in [3.63, 3.8) is 0 Å². The van der Waals surface area contributed by atoms with Gasteiger partial charge in [0, 0.05) is 0 Å². The first-order valence-corrected chi connectivity index (χ1v) is 3.72. The molecular formula is C10H8O2. The van der Waals surface area contributed by atoms with Gasteiger partial charge in [-0.15, -0.1) is 0 Å². The van der Waals surface area contributed by atoms with E-state index < -0.39 is 0 Å². The lowest BCUT2D eigenvalue weighted by molar-refractivity contribution is 0.104. The molecule has 2 rings (SSSR count). The Balaban J connectivity index is 2.62. The number of rotatable bonds is 1. The zero-order valence-electron chi connectivity index (χ0n) is 6.70. The maximum Gasteiger partial charge on any atom is 0.189 e. The Labute approximate surface area is 70.5 Å². The standard InChI is InChI=1S/C10H8O2/c1-12-10-5-3-7-2-4-9(11)8(10)6-7/h2-6H,1H3. The maximum atomic E-state index is 11.3. The molecule has 12 heavy (non-hydrogen) atoms. The Morgan fingerprint density at radius 3 is 2.83 bits per heavy atom. The number of hydrogen-bond acceptors (Lipinski definition) is 2. The highest BCUT2D eigenvalue weighted by atomic mass is 16.5. The first kappa shape index (κ1) is 7.10. The van der Waals surface area contributed by atoms with Crippen molar-refractivity contribution in [2.45, 2.75) is 0 Å². The second-order valence-corrected chi connectivity index (χ2v) is 2.66. The minimum atomic E-state index is 0.0138. The highest BCUT2D eigenvalue weighted by Crippen LogP contribution is 2.24. The van der Waals surface area contributed by atoms with Gasteiger partial charge in [-0.2, -0.15) is 0 Å². The monoisotopic (exact) mass is 160 g/mol. The van der Waals surface area contributed by atoms with E-state index in [-0.39, 0.29) is 5.78 Å². The van der Waals surface area contributed by atoms with Crippen LogP contribution >= 0.6 is 0 Å². The molecule has 1 aromatic rings. The molecule has 0 atom stereocenters. The Morgan fingerprint density at radius 1 is 1.25 bits per heavy atom. The van der Waals surface area contributed by atoms with Crippen molar-refractivity contribution in [3.05, 3.63) is 35.4 Å². The van der Waals surface area contributed by atoms with Crippen LogP contribution in [0.5, 0.6) is 5.75 Å². The quantitative estimate of drug-likeness (QED) is 0.627. The summed E-state index contributed by atoms with van der Waals surface area (Å²) in [6.07, 6.45) is 3.36. The van der Waals surface area contributed by atoms with Crippen molar-refractivity contribution in [2.24, 2.45) is 0 Å². The minimum absolute atomic E-state index is 0.0138. The van der Waals surface area contributed by atoms with E-state index in [1.807, 2.05) is 18.2 Å². The van der Waals surface area contributed by atoms with Gasteiger partial charge in [0.25, 0.3) is 0 Å². The van der Waals surface area contributed by atoms with Crippen LogP contribution in [0.4, 0.5) is 0 Å². The zero-order chi connectivity index (χ0) is 8.55. The van der Waals surface area contributed by atoms with E-state index in [2.05, 4.69) is 0 Å². The number of carbonyl (C=O) groups is 1. The molecule has 0 radical (unpaired) electrons. The third-order valence-corrected chi connectivity index (χ3v) is 1.92. The molecule has 0 saturated carbocycles. The summed E-state index contributed by atoms with van der Waals surface area (Å²) in [5.74, 6) is 0.660. The first-order valence-electron chi connectivity index (χ1n) is 3.72. The molecular weight excluding hydrogens is 152 g/mol. The molecule has 0 unspecified atom stereocenters. The van der Waals surface area contributed by atoms with Crippen LogP contribution in [0.25, 0.3) is 6.08 Å². The van der Waals surface area contributed by atoms with Gasteiger partial charge in [-0.05, 0) is 23.8 Å². The molecule has 1 aliphatic rings. The van der Waals surface area contributed by atoms with Crippen LogP contribution in [-0.4, -0.2) is 12.9 Å². The molecule has 60 valence electrons. The lowest BCUT2D eigenvalue weighted by Crippen LogP contribution is -2.02. The average Bonchev–Trinajstić information content (AvgIpc) is 2.12. The molecule has 0 saturated heterocycles. The summed E-state index contributed by atoms with van der Waals surface area (Å²) in [6, 6.07) is 5.57. The number of allylic oxidation sites excluding steroid dienone is 1. The van der Waals surface area contributed by atoms with Crippen molar-refractivity contribution >= 4 is 11.9 Å².